The van der Waals surface area contributed by atoms with Crippen LogP contribution >= 0.6 is 11.6 Å². The Morgan fingerprint density at radius 2 is 1.82 bits per heavy atom. The van der Waals surface area contributed by atoms with E-state index in [0.29, 0.717) is 23.1 Å². The molecule has 0 radical (unpaired) electrons. The Morgan fingerprint density at radius 1 is 1.14 bits per heavy atom. The number of hydrogen-bond donors (Lipinski definition) is 1. The van der Waals surface area contributed by atoms with E-state index < -0.39 is 6.04 Å². The van der Waals surface area contributed by atoms with Crippen molar-refractivity contribution in [2.45, 2.75) is 26.4 Å². The number of nitrogens with one attached hydrogen (secondary N) is 1. The third-order valence-electron chi connectivity index (χ3n) is 4.18. The van der Waals surface area contributed by atoms with Crippen molar-refractivity contribution in [3.8, 4) is 11.5 Å². The molecule has 2 aromatic rings. The van der Waals surface area contributed by atoms with Crippen molar-refractivity contribution >= 4 is 23.4 Å². The lowest BCUT2D eigenvalue weighted by atomic mass is 10.1. The monoisotopic (exact) mass is 404 g/mol. The SMILES string of the molecule is CCNC(=O)[C@H](C)N(Cc1cccc(Cl)c1)C(=O)COc1ccc(OC)cc1. The molecule has 0 spiro atoms. The second-order valence-electron chi connectivity index (χ2n) is 6.19. The molecule has 0 aromatic heterocycles. The number of halogens is 1. The van der Waals surface area contributed by atoms with Crippen molar-refractivity contribution in [1.29, 1.82) is 0 Å². The topological polar surface area (TPSA) is 67.9 Å². The lowest BCUT2D eigenvalue weighted by molar-refractivity contribution is -0.142. The largest absolute Gasteiger partial charge is 0.497 e. The van der Waals surface area contributed by atoms with Crippen LogP contribution in [-0.4, -0.2) is 43.0 Å². The summed E-state index contributed by atoms with van der Waals surface area (Å²) in [4.78, 5) is 26.6. The van der Waals surface area contributed by atoms with E-state index in [0.717, 1.165) is 5.56 Å². The summed E-state index contributed by atoms with van der Waals surface area (Å²) in [6, 6.07) is 13.5. The highest BCUT2D eigenvalue weighted by atomic mass is 35.5. The highest BCUT2D eigenvalue weighted by molar-refractivity contribution is 6.30. The molecule has 150 valence electrons. The standard InChI is InChI=1S/C21H25ClN2O4/c1-4-23-21(26)15(2)24(13-16-6-5-7-17(22)12-16)20(25)14-28-19-10-8-18(27-3)9-11-19/h5-12,15H,4,13-14H2,1-3H3,(H,23,26)/t15-/m0/s1. The van der Waals surface area contributed by atoms with Gasteiger partial charge in [-0.05, 0) is 55.8 Å². The van der Waals surface area contributed by atoms with E-state index in [2.05, 4.69) is 5.32 Å². The van der Waals surface area contributed by atoms with Crippen LogP contribution in [-0.2, 0) is 16.1 Å². The van der Waals surface area contributed by atoms with Gasteiger partial charge in [0.05, 0.1) is 7.11 Å². The molecule has 7 heteroatoms. The molecule has 28 heavy (non-hydrogen) atoms. The first-order chi connectivity index (χ1) is 13.4. The Bertz CT molecular complexity index is 795. The van der Waals surface area contributed by atoms with Crippen molar-refractivity contribution in [1.82, 2.24) is 10.2 Å². The van der Waals surface area contributed by atoms with Gasteiger partial charge in [-0.3, -0.25) is 9.59 Å². The van der Waals surface area contributed by atoms with E-state index in [1.807, 2.05) is 19.1 Å². The third-order valence-corrected chi connectivity index (χ3v) is 4.42. The molecule has 0 saturated heterocycles. The average Bonchev–Trinajstić information content (AvgIpc) is 2.70. The van der Waals surface area contributed by atoms with Gasteiger partial charge in [0.1, 0.15) is 17.5 Å². The molecule has 6 nitrogen and oxygen atoms in total. The molecule has 1 N–H and O–H groups in total. The minimum atomic E-state index is -0.647. The van der Waals surface area contributed by atoms with Crippen molar-refractivity contribution in [3.63, 3.8) is 0 Å². The van der Waals surface area contributed by atoms with Gasteiger partial charge in [-0.1, -0.05) is 23.7 Å². The van der Waals surface area contributed by atoms with E-state index >= 15 is 0 Å². The highest BCUT2D eigenvalue weighted by Crippen LogP contribution is 2.18. The lowest BCUT2D eigenvalue weighted by Crippen LogP contribution is -2.49. The molecule has 0 bridgehead atoms. The number of amides is 2. The maximum Gasteiger partial charge on any atom is 0.261 e. The van der Waals surface area contributed by atoms with Crippen molar-refractivity contribution < 1.29 is 19.1 Å². The molecule has 0 aliphatic heterocycles. The molecule has 2 rings (SSSR count). The number of benzene rings is 2. The zero-order valence-electron chi connectivity index (χ0n) is 16.3. The Hall–Kier alpha value is -2.73. The fourth-order valence-electron chi connectivity index (χ4n) is 2.64. The zero-order chi connectivity index (χ0) is 20.5. The summed E-state index contributed by atoms with van der Waals surface area (Å²) < 4.78 is 10.7. The number of carbonyl (C=O) groups excluding carboxylic acids is 2. The molecule has 0 fully saturated rings. The van der Waals surface area contributed by atoms with Gasteiger partial charge in [0, 0.05) is 18.1 Å². The van der Waals surface area contributed by atoms with Crippen molar-refractivity contribution in [2.24, 2.45) is 0 Å². The van der Waals surface area contributed by atoms with Gasteiger partial charge >= 0.3 is 0 Å². The summed E-state index contributed by atoms with van der Waals surface area (Å²) in [6.07, 6.45) is 0. The lowest BCUT2D eigenvalue weighted by Gasteiger charge is -2.28. The normalized spacial score (nSPS) is 11.4. The van der Waals surface area contributed by atoms with Crippen LogP contribution in [0.5, 0.6) is 11.5 Å². The summed E-state index contributed by atoms with van der Waals surface area (Å²) in [6.45, 7) is 4.09. The molecular formula is C21H25ClN2O4. The quantitative estimate of drug-likeness (QED) is 0.696. The zero-order valence-corrected chi connectivity index (χ0v) is 17.0. The van der Waals surface area contributed by atoms with E-state index in [1.165, 1.54) is 4.90 Å². The number of methoxy groups -OCH3 is 1. The smallest absolute Gasteiger partial charge is 0.261 e. The second-order valence-corrected chi connectivity index (χ2v) is 6.62. The van der Waals surface area contributed by atoms with E-state index in [-0.39, 0.29) is 25.0 Å². The molecular weight excluding hydrogens is 380 g/mol. The van der Waals surface area contributed by atoms with Gasteiger partial charge in [-0.15, -0.1) is 0 Å². The van der Waals surface area contributed by atoms with Crippen LogP contribution in [0.2, 0.25) is 5.02 Å². The van der Waals surface area contributed by atoms with Gasteiger partial charge in [-0.25, -0.2) is 0 Å². The van der Waals surface area contributed by atoms with E-state index in [1.54, 1.807) is 50.4 Å². The minimum Gasteiger partial charge on any atom is -0.497 e. The molecule has 0 aliphatic rings. The Kier molecular flexibility index (Phi) is 8.14. The molecule has 0 aliphatic carbocycles. The molecule has 2 amide bonds. The number of hydrogen-bond acceptors (Lipinski definition) is 4. The van der Waals surface area contributed by atoms with Gasteiger partial charge in [0.25, 0.3) is 5.91 Å². The first-order valence-corrected chi connectivity index (χ1v) is 9.40. The van der Waals surface area contributed by atoms with Gasteiger partial charge < -0.3 is 19.7 Å². The van der Waals surface area contributed by atoms with Crippen LogP contribution < -0.4 is 14.8 Å². The fraction of sp³-hybridized carbons (Fsp3) is 0.333. The maximum absolute atomic E-state index is 12.8. The Labute approximate surface area is 170 Å². The van der Waals surface area contributed by atoms with Crippen LogP contribution in [0.4, 0.5) is 0 Å². The summed E-state index contributed by atoms with van der Waals surface area (Å²) in [7, 11) is 1.58. The second kappa shape index (κ2) is 10.6. The van der Waals surface area contributed by atoms with E-state index in [4.69, 9.17) is 21.1 Å². The van der Waals surface area contributed by atoms with Crippen LogP contribution in [0.15, 0.2) is 48.5 Å². The summed E-state index contributed by atoms with van der Waals surface area (Å²) >= 11 is 6.05. The molecule has 0 saturated carbocycles. The number of nitrogens with zero attached hydrogens (tertiary/aromatic N) is 1. The van der Waals surface area contributed by atoms with Gasteiger partial charge in [-0.2, -0.15) is 0 Å². The number of likely N-dealkylation sites (N-methyl/N-ethyl adjacent to an activating group) is 1. The highest BCUT2D eigenvalue weighted by Gasteiger charge is 2.26. The Morgan fingerprint density at radius 3 is 2.43 bits per heavy atom. The first-order valence-electron chi connectivity index (χ1n) is 9.03. The summed E-state index contributed by atoms with van der Waals surface area (Å²) in [5.74, 6) is 0.727. The van der Waals surface area contributed by atoms with Gasteiger partial charge in [0.15, 0.2) is 6.61 Å². The van der Waals surface area contributed by atoms with Crippen LogP contribution in [0, 0.1) is 0 Å². The summed E-state index contributed by atoms with van der Waals surface area (Å²) in [5.41, 5.74) is 0.835. The predicted octanol–water partition coefficient (Wildman–Crippen LogP) is 3.28. The third kappa shape index (κ3) is 6.16. The Balaban J connectivity index is 2.11. The minimum absolute atomic E-state index is 0.184. The molecule has 0 heterocycles. The van der Waals surface area contributed by atoms with Crippen LogP contribution in [0.25, 0.3) is 0 Å². The number of carbonyl (C=O) groups is 2. The molecule has 1 atom stereocenters. The van der Waals surface area contributed by atoms with Crippen molar-refractivity contribution in [3.05, 3.63) is 59.1 Å². The van der Waals surface area contributed by atoms with Gasteiger partial charge in [0.2, 0.25) is 5.91 Å². The number of rotatable bonds is 9. The molecule has 2 aromatic carbocycles. The maximum atomic E-state index is 12.8. The van der Waals surface area contributed by atoms with Crippen LogP contribution in [0.1, 0.15) is 19.4 Å². The first kappa shape index (κ1) is 21.6. The van der Waals surface area contributed by atoms with E-state index in [9.17, 15) is 9.59 Å². The average molecular weight is 405 g/mol. The predicted molar refractivity (Wildman–Crippen MR) is 109 cm³/mol. The van der Waals surface area contributed by atoms with Crippen molar-refractivity contribution in [2.75, 3.05) is 20.3 Å². The fourth-order valence-corrected chi connectivity index (χ4v) is 2.85. The molecule has 0 unspecified atom stereocenters. The van der Waals surface area contributed by atoms with Crippen LogP contribution in [0.3, 0.4) is 0 Å². The summed E-state index contributed by atoms with van der Waals surface area (Å²) in [5, 5.41) is 3.32. The number of ether oxygens (including phenoxy) is 2.